The highest BCUT2D eigenvalue weighted by molar-refractivity contribution is 5.99. The summed E-state index contributed by atoms with van der Waals surface area (Å²) in [4.78, 5) is 28.2. The fraction of sp³-hybridized carbons (Fsp3) is 0.444. The number of aliphatic carboxylic acids is 1. The molecule has 4 atom stereocenters. The molecule has 4 rings (SSSR count). The summed E-state index contributed by atoms with van der Waals surface area (Å²) in [6.07, 6.45) is 3.68. The zero-order chi connectivity index (χ0) is 19.2. The van der Waals surface area contributed by atoms with E-state index in [4.69, 9.17) is 4.74 Å². The van der Waals surface area contributed by atoms with E-state index in [1.807, 2.05) is 0 Å². The van der Waals surface area contributed by atoms with Crippen LogP contribution in [0, 0.1) is 17.7 Å². The number of nitrogens with one attached hydrogen (secondary N) is 2. The van der Waals surface area contributed by atoms with Crippen LogP contribution in [-0.2, 0) is 4.79 Å². The molecule has 3 heterocycles. The first-order chi connectivity index (χ1) is 12.9. The van der Waals surface area contributed by atoms with Gasteiger partial charge < -0.3 is 15.2 Å². The normalized spacial score (nSPS) is 29.5. The molecule has 9 heteroatoms. The molecule has 1 saturated carbocycles. The van der Waals surface area contributed by atoms with Gasteiger partial charge in [0.1, 0.15) is 11.5 Å². The highest BCUT2D eigenvalue weighted by Crippen LogP contribution is 2.54. The number of piperidine rings is 1. The van der Waals surface area contributed by atoms with Gasteiger partial charge in [-0.3, -0.25) is 14.7 Å². The predicted molar refractivity (Wildman–Crippen MR) is 90.7 cm³/mol. The summed E-state index contributed by atoms with van der Waals surface area (Å²) >= 11 is 0. The van der Waals surface area contributed by atoms with Crippen LogP contribution in [0.1, 0.15) is 41.4 Å². The van der Waals surface area contributed by atoms with Crippen LogP contribution in [0.2, 0.25) is 0 Å². The molecule has 1 aliphatic heterocycles. The van der Waals surface area contributed by atoms with Crippen LogP contribution in [0.4, 0.5) is 4.39 Å². The quantitative estimate of drug-likeness (QED) is 0.682. The topological polar surface area (TPSA) is 117 Å². The summed E-state index contributed by atoms with van der Waals surface area (Å²) in [5.74, 6) is -2.42. The standard InChI is InChI=1S/C18H19FN4O4/c1-27-15-5-10(12(19)8-20-15)14-4-9(17(25)26)6-18(22-14)7-11(18)16(24)13-2-3-21-23-13/h2-3,5,8-9,11,14,22H,4,6-7H2,1H3,(H,21,23)(H,25,26). The second-order valence-corrected chi connectivity index (χ2v) is 7.16. The molecular weight excluding hydrogens is 355 g/mol. The average Bonchev–Trinajstić information content (AvgIpc) is 3.08. The lowest BCUT2D eigenvalue weighted by Crippen LogP contribution is -2.47. The van der Waals surface area contributed by atoms with Crippen molar-refractivity contribution < 1.29 is 23.8 Å². The van der Waals surface area contributed by atoms with E-state index in [2.05, 4.69) is 20.5 Å². The van der Waals surface area contributed by atoms with Crippen LogP contribution in [-0.4, -0.2) is 44.7 Å². The number of aromatic amines is 1. The number of carbonyl (C=O) groups is 2. The van der Waals surface area contributed by atoms with E-state index < -0.39 is 29.3 Å². The maximum atomic E-state index is 14.4. The summed E-state index contributed by atoms with van der Waals surface area (Å²) in [5.41, 5.74) is -0.0419. The smallest absolute Gasteiger partial charge is 0.306 e. The number of aromatic nitrogens is 3. The van der Waals surface area contributed by atoms with Gasteiger partial charge in [-0.15, -0.1) is 0 Å². The largest absolute Gasteiger partial charge is 0.481 e. The Morgan fingerprint density at radius 2 is 2.22 bits per heavy atom. The van der Waals surface area contributed by atoms with Gasteiger partial charge in [0.15, 0.2) is 5.78 Å². The van der Waals surface area contributed by atoms with Gasteiger partial charge in [0.2, 0.25) is 5.88 Å². The molecule has 2 aliphatic rings. The van der Waals surface area contributed by atoms with E-state index in [1.165, 1.54) is 13.2 Å². The van der Waals surface area contributed by atoms with Crippen LogP contribution in [0.25, 0.3) is 0 Å². The molecule has 2 aromatic heterocycles. The first-order valence-corrected chi connectivity index (χ1v) is 8.67. The van der Waals surface area contributed by atoms with E-state index in [0.29, 0.717) is 24.1 Å². The van der Waals surface area contributed by atoms with E-state index in [9.17, 15) is 19.1 Å². The molecule has 1 aliphatic carbocycles. The molecule has 8 nitrogen and oxygen atoms in total. The predicted octanol–water partition coefficient (Wildman–Crippen LogP) is 1.72. The molecule has 1 spiro atoms. The molecule has 27 heavy (non-hydrogen) atoms. The number of rotatable bonds is 5. The van der Waals surface area contributed by atoms with Crippen molar-refractivity contribution in [3.63, 3.8) is 0 Å². The minimum atomic E-state index is -0.944. The van der Waals surface area contributed by atoms with Gasteiger partial charge in [-0.25, -0.2) is 9.37 Å². The molecule has 3 N–H and O–H groups in total. The molecule has 0 amide bonds. The number of carboxylic acid groups (broad SMARTS) is 1. The molecular formula is C18H19FN4O4. The van der Waals surface area contributed by atoms with Crippen LogP contribution >= 0.6 is 0 Å². The molecule has 2 aromatic rings. The second-order valence-electron chi connectivity index (χ2n) is 7.16. The maximum absolute atomic E-state index is 14.4. The van der Waals surface area contributed by atoms with Crippen molar-refractivity contribution in [3.8, 4) is 5.88 Å². The number of halogens is 1. The SMILES string of the molecule is COc1cc(C2CC(C(=O)O)CC3(CC3C(=O)c3cc[nH]n3)N2)c(F)cn1. The van der Waals surface area contributed by atoms with Crippen LogP contribution in [0.5, 0.6) is 5.88 Å². The van der Waals surface area contributed by atoms with Crippen molar-refractivity contribution in [1.29, 1.82) is 0 Å². The van der Waals surface area contributed by atoms with E-state index in [1.54, 1.807) is 12.3 Å². The Labute approximate surface area is 154 Å². The van der Waals surface area contributed by atoms with Crippen LogP contribution < -0.4 is 10.1 Å². The van der Waals surface area contributed by atoms with Gasteiger partial charge in [0.25, 0.3) is 0 Å². The van der Waals surface area contributed by atoms with Gasteiger partial charge in [0, 0.05) is 35.3 Å². The van der Waals surface area contributed by atoms with Crippen LogP contribution in [0.15, 0.2) is 24.5 Å². The van der Waals surface area contributed by atoms with E-state index in [0.717, 1.165) is 6.20 Å². The van der Waals surface area contributed by atoms with Crippen molar-refractivity contribution in [2.24, 2.45) is 11.8 Å². The number of pyridine rings is 1. The third-order valence-corrected chi connectivity index (χ3v) is 5.53. The Bertz CT molecular complexity index is 887. The number of hydrogen-bond acceptors (Lipinski definition) is 6. The summed E-state index contributed by atoms with van der Waals surface area (Å²) in [5, 5.41) is 19.5. The number of methoxy groups -OCH3 is 1. The maximum Gasteiger partial charge on any atom is 0.306 e. The molecule has 0 bridgehead atoms. The average molecular weight is 374 g/mol. The van der Waals surface area contributed by atoms with Crippen molar-refractivity contribution in [3.05, 3.63) is 41.6 Å². The molecule has 2 fully saturated rings. The van der Waals surface area contributed by atoms with Gasteiger partial charge in [-0.2, -0.15) is 5.10 Å². The highest BCUT2D eigenvalue weighted by Gasteiger charge is 2.62. The van der Waals surface area contributed by atoms with Crippen LogP contribution in [0.3, 0.4) is 0 Å². The van der Waals surface area contributed by atoms with E-state index >= 15 is 0 Å². The Morgan fingerprint density at radius 3 is 2.89 bits per heavy atom. The first-order valence-electron chi connectivity index (χ1n) is 8.67. The lowest BCUT2D eigenvalue weighted by molar-refractivity contribution is -0.143. The number of ketones is 1. The lowest BCUT2D eigenvalue weighted by atomic mass is 9.82. The number of Topliss-reactive ketones (excluding diaryl/α,β-unsaturated/α-hetero) is 1. The summed E-state index contributed by atoms with van der Waals surface area (Å²) < 4.78 is 19.4. The Hall–Kier alpha value is -2.81. The molecule has 0 aromatic carbocycles. The Morgan fingerprint density at radius 1 is 1.41 bits per heavy atom. The number of carbonyl (C=O) groups excluding carboxylic acids is 1. The minimum absolute atomic E-state index is 0.138. The van der Waals surface area contributed by atoms with E-state index in [-0.39, 0.29) is 24.0 Å². The van der Waals surface area contributed by atoms with Gasteiger partial charge >= 0.3 is 5.97 Å². The third kappa shape index (κ3) is 3.08. The number of carboxylic acids is 1. The zero-order valence-electron chi connectivity index (χ0n) is 14.6. The van der Waals surface area contributed by atoms with Crippen molar-refractivity contribution in [2.75, 3.05) is 7.11 Å². The minimum Gasteiger partial charge on any atom is -0.481 e. The second kappa shape index (κ2) is 6.41. The molecule has 1 saturated heterocycles. The molecule has 142 valence electrons. The highest BCUT2D eigenvalue weighted by atomic mass is 19.1. The van der Waals surface area contributed by atoms with Gasteiger partial charge in [0.05, 0.1) is 19.2 Å². The fourth-order valence-electron chi connectivity index (χ4n) is 4.09. The number of ether oxygens (including phenoxy) is 1. The van der Waals surface area contributed by atoms with Crippen molar-refractivity contribution in [1.82, 2.24) is 20.5 Å². The Kier molecular flexibility index (Phi) is 4.18. The number of H-pyrrole nitrogens is 1. The zero-order valence-corrected chi connectivity index (χ0v) is 14.6. The summed E-state index contributed by atoms with van der Waals surface area (Å²) in [7, 11) is 1.43. The summed E-state index contributed by atoms with van der Waals surface area (Å²) in [6, 6.07) is 2.52. The monoisotopic (exact) mass is 374 g/mol. The third-order valence-electron chi connectivity index (χ3n) is 5.53. The van der Waals surface area contributed by atoms with Crippen molar-refractivity contribution >= 4 is 11.8 Å². The first kappa shape index (κ1) is 17.6. The van der Waals surface area contributed by atoms with Crippen molar-refractivity contribution in [2.45, 2.75) is 30.8 Å². The molecule has 0 radical (unpaired) electrons. The Balaban J connectivity index is 1.63. The van der Waals surface area contributed by atoms with Gasteiger partial charge in [-0.1, -0.05) is 0 Å². The molecule has 4 unspecified atom stereocenters. The number of hydrogen-bond donors (Lipinski definition) is 3. The fourth-order valence-corrected chi connectivity index (χ4v) is 4.09. The van der Waals surface area contributed by atoms with Gasteiger partial charge in [-0.05, 0) is 25.3 Å². The number of nitrogens with zero attached hydrogens (tertiary/aromatic N) is 2. The lowest BCUT2D eigenvalue weighted by Gasteiger charge is -2.36. The summed E-state index contributed by atoms with van der Waals surface area (Å²) in [6.45, 7) is 0.